The number of benzene rings is 1. The van der Waals surface area contributed by atoms with E-state index in [9.17, 15) is 13.2 Å². The molecule has 2 aliphatic rings. The Hall–Kier alpha value is -1.11. The lowest BCUT2D eigenvalue weighted by Gasteiger charge is -2.29. The van der Waals surface area contributed by atoms with E-state index in [0.717, 1.165) is 19.1 Å². The summed E-state index contributed by atoms with van der Waals surface area (Å²) in [6, 6.07) is 7.38. The van der Waals surface area contributed by atoms with Crippen molar-refractivity contribution in [2.75, 3.05) is 6.26 Å². The normalized spacial score (nSPS) is 27.0. The van der Waals surface area contributed by atoms with Gasteiger partial charge in [0.1, 0.15) is 0 Å². The highest BCUT2D eigenvalue weighted by Crippen LogP contribution is 2.26. The molecule has 0 aliphatic carbocycles. The van der Waals surface area contributed by atoms with Crippen LogP contribution in [0.4, 0.5) is 0 Å². The van der Waals surface area contributed by atoms with Crippen molar-refractivity contribution >= 4 is 28.2 Å². The standard InChI is InChI=1S/C15H20N2O3S.ClH/c1-21(19,20)14-6-2-10(3-7-14)15(18)17-13-8-11-4-5-12(9-13)16-11;/h2-3,6-7,11-13,16H,4-5,8-9H2,1H3,(H,17,18);1H. The maximum absolute atomic E-state index is 12.2. The summed E-state index contributed by atoms with van der Waals surface area (Å²) in [5, 5.41) is 6.61. The first-order valence-corrected chi connectivity index (χ1v) is 9.18. The Kier molecular flexibility index (Phi) is 5.14. The summed E-state index contributed by atoms with van der Waals surface area (Å²) in [4.78, 5) is 12.5. The molecule has 3 rings (SSSR count). The quantitative estimate of drug-likeness (QED) is 0.871. The van der Waals surface area contributed by atoms with Crippen molar-refractivity contribution in [1.82, 2.24) is 10.6 Å². The topological polar surface area (TPSA) is 75.3 Å². The highest BCUT2D eigenvalue weighted by Gasteiger charge is 2.34. The average Bonchev–Trinajstić information content (AvgIpc) is 2.77. The summed E-state index contributed by atoms with van der Waals surface area (Å²) in [7, 11) is -3.22. The summed E-state index contributed by atoms with van der Waals surface area (Å²) in [5.41, 5.74) is 0.508. The van der Waals surface area contributed by atoms with E-state index in [1.165, 1.54) is 25.0 Å². The van der Waals surface area contributed by atoms with Crippen molar-refractivity contribution in [3.05, 3.63) is 29.8 Å². The molecule has 0 radical (unpaired) electrons. The minimum Gasteiger partial charge on any atom is -0.349 e. The van der Waals surface area contributed by atoms with Crippen LogP contribution in [0.1, 0.15) is 36.0 Å². The fraction of sp³-hybridized carbons (Fsp3) is 0.533. The molecule has 0 spiro atoms. The molecule has 2 heterocycles. The highest BCUT2D eigenvalue weighted by atomic mass is 35.5. The fourth-order valence-electron chi connectivity index (χ4n) is 3.30. The fourth-order valence-corrected chi connectivity index (χ4v) is 3.93. The van der Waals surface area contributed by atoms with Gasteiger partial charge in [-0.05, 0) is 49.9 Å². The summed E-state index contributed by atoms with van der Waals surface area (Å²) < 4.78 is 22.8. The van der Waals surface area contributed by atoms with E-state index in [1.807, 2.05) is 0 Å². The number of piperidine rings is 1. The lowest BCUT2D eigenvalue weighted by molar-refractivity contribution is 0.0924. The number of fused-ring (bicyclic) bond motifs is 2. The molecule has 0 saturated carbocycles. The van der Waals surface area contributed by atoms with E-state index in [2.05, 4.69) is 10.6 Å². The summed E-state index contributed by atoms with van der Waals surface area (Å²) in [6.45, 7) is 0. The third kappa shape index (κ3) is 3.80. The van der Waals surface area contributed by atoms with E-state index in [0.29, 0.717) is 17.6 Å². The predicted octanol–water partition coefficient (Wildman–Crippen LogP) is 1.52. The number of hydrogen-bond donors (Lipinski definition) is 2. The Morgan fingerprint density at radius 1 is 1.14 bits per heavy atom. The van der Waals surface area contributed by atoms with E-state index < -0.39 is 9.84 Å². The molecule has 1 aromatic carbocycles. The minimum atomic E-state index is -3.22. The molecule has 5 nitrogen and oxygen atoms in total. The molecule has 2 fully saturated rings. The van der Waals surface area contributed by atoms with Crippen LogP contribution in [-0.4, -0.2) is 38.7 Å². The van der Waals surface area contributed by atoms with Crippen LogP contribution in [0.5, 0.6) is 0 Å². The molecule has 2 N–H and O–H groups in total. The zero-order chi connectivity index (χ0) is 15.0. The van der Waals surface area contributed by atoms with Crippen molar-refractivity contribution in [3.63, 3.8) is 0 Å². The van der Waals surface area contributed by atoms with Gasteiger partial charge in [-0.3, -0.25) is 4.79 Å². The third-order valence-corrected chi connectivity index (χ3v) is 5.48. The van der Waals surface area contributed by atoms with Gasteiger partial charge in [0.25, 0.3) is 5.91 Å². The molecule has 2 atom stereocenters. The number of hydrogen-bond acceptors (Lipinski definition) is 4. The number of nitrogens with one attached hydrogen (secondary N) is 2. The third-order valence-electron chi connectivity index (χ3n) is 4.35. The number of carbonyl (C=O) groups is 1. The minimum absolute atomic E-state index is 0. The van der Waals surface area contributed by atoms with Crippen molar-refractivity contribution < 1.29 is 13.2 Å². The van der Waals surface area contributed by atoms with E-state index in [4.69, 9.17) is 0 Å². The van der Waals surface area contributed by atoms with Gasteiger partial charge in [0.15, 0.2) is 9.84 Å². The zero-order valence-corrected chi connectivity index (χ0v) is 14.0. The molecule has 7 heteroatoms. The van der Waals surface area contributed by atoms with Crippen molar-refractivity contribution in [1.29, 1.82) is 0 Å². The molecular formula is C15H21ClN2O3S. The Labute approximate surface area is 137 Å². The lowest BCUT2D eigenvalue weighted by Crippen LogP contribution is -2.48. The van der Waals surface area contributed by atoms with E-state index >= 15 is 0 Å². The van der Waals surface area contributed by atoms with Crippen LogP contribution in [0.25, 0.3) is 0 Å². The summed E-state index contributed by atoms with van der Waals surface area (Å²) in [6.07, 6.45) is 5.50. The van der Waals surface area contributed by atoms with Crippen LogP contribution >= 0.6 is 12.4 Å². The molecule has 1 aromatic rings. The molecule has 1 amide bonds. The maximum Gasteiger partial charge on any atom is 0.251 e. The molecule has 122 valence electrons. The second-order valence-electron chi connectivity index (χ2n) is 6.08. The van der Waals surface area contributed by atoms with Gasteiger partial charge < -0.3 is 10.6 Å². The van der Waals surface area contributed by atoms with Gasteiger partial charge in [-0.25, -0.2) is 8.42 Å². The monoisotopic (exact) mass is 344 g/mol. The predicted molar refractivity (Wildman–Crippen MR) is 87.2 cm³/mol. The summed E-state index contributed by atoms with van der Waals surface area (Å²) >= 11 is 0. The molecule has 2 unspecified atom stereocenters. The van der Waals surface area contributed by atoms with Crippen LogP contribution in [0, 0.1) is 0 Å². The average molecular weight is 345 g/mol. The van der Waals surface area contributed by atoms with E-state index in [-0.39, 0.29) is 29.3 Å². The molecule has 2 bridgehead atoms. The van der Waals surface area contributed by atoms with Crippen LogP contribution in [0.2, 0.25) is 0 Å². The lowest BCUT2D eigenvalue weighted by atomic mass is 9.99. The van der Waals surface area contributed by atoms with Gasteiger partial charge in [0, 0.05) is 29.9 Å². The highest BCUT2D eigenvalue weighted by molar-refractivity contribution is 7.90. The van der Waals surface area contributed by atoms with Gasteiger partial charge in [0.2, 0.25) is 0 Å². The van der Waals surface area contributed by atoms with Gasteiger partial charge in [-0.15, -0.1) is 12.4 Å². The molecule has 0 aromatic heterocycles. The van der Waals surface area contributed by atoms with Crippen LogP contribution in [-0.2, 0) is 9.84 Å². The molecule has 2 saturated heterocycles. The van der Waals surface area contributed by atoms with Crippen LogP contribution < -0.4 is 10.6 Å². The first-order chi connectivity index (χ1) is 9.91. The largest absolute Gasteiger partial charge is 0.349 e. The Morgan fingerprint density at radius 3 is 2.18 bits per heavy atom. The van der Waals surface area contributed by atoms with Crippen LogP contribution in [0.3, 0.4) is 0 Å². The molecular weight excluding hydrogens is 324 g/mol. The number of amides is 1. The summed E-state index contributed by atoms with van der Waals surface area (Å²) in [5.74, 6) is -0.124. The van der Waals surface area contributed by atoms with Crippen molar-refractivity contribution in [2.45, 2.75) is 48.7 Å². The first-order valence-electron chi connectivity index (χ1n) is 7.29. The van der Waals surface area contributed by atoms with Gasteiger partial charge >= 0.3 is 0 Å². The maximum atomic E-state index is 12.2. The first kappa shape index (κ1) is 17.2. The smallest absolute Gasteiger partial charge is 0.251 e. The number of halogens is 1. The number of sulfone groups is 1. The van der Waals surface area contributed by atoms with E-state index in [1.54, 1.807) is 12.1 Å². The Bertz CT molecular complexity index is 633. The van der Waals surface area contributed by atoms with Crippen molar-refractivity contribution in [3.8, 4) is 0 Å². The second kappa shape index (κ2) is 6.56. The van der Waals surface area contributed by atoms with Crippen LogP contribution in [0.15, 0.2) is 29.2 Å². The van der Waals surface area contributed by atoms with Crippen molar-refractivity contribution in [2.24, 2.45) is 0 Å². The second-order valence-corrected chi connectivity index (χ2v) is 8.09. The molecule has 22 heavy (non-hydrogen) atoms. The van der Waals surface area contributed by atoms with Gasteiger partial charge in [-0.2, -0.15) is 0 Å². The molecule has 2 aliphatic heterocycles. The zero-order valence-electron chi connectivity index (χ0n) is 12.4. The Balaban J connectivity index is 0.00000176. The SMILES string of the molecule is CS(=O)(=O)c1ccc(C(=O)NC2CC3CCC(C2)N3)cc1.Cl. The van der Waals surface area contributed by atoms with Gasteiger partial charge in [-0.1, -0.05) is 0 Å². The van der Waals surface area contributed by atoms with Gasteiger partial charge in [0.05, 0.1) is 4.90 Å². The number of rotatable bonds is 3. The number of carbonyl (C=O) groups excluding carboxylic acids is 1. The Morgan fingerprint density at radius 2 is 1.68 bits per heavy atom.